The average Bonchev–Trinajstić information content (AvgIpc) is 2.44. The largest absolute Gasteiger partial charge is 0.378 e. The summed E-state index contributed by atoms with van der Waals surface area (Å²) < 4.78 is 15.1. The van der Waals surface area contributed by atoms with Gasteiger partial charge in [-0.3, -0.25) is 0 Å². The van der Waals surface area contributed by atoms with Crippen molar-refractivity contribution in [3.05, 3.63) is 56.9 Å². The number of thioether (sulfide) groups is 1. The van der Waals surface area contributed by atoms with Crippen molar-refractivity contribution in [1.82, 2.24) is 0 Å². The third kappa shape index (κ3) is 2.81. The first-order valence-electron chi connectivity index (χ1n) is 6.59. The van der Waals surface area contributed by atoms with Gasteiger partial charge in [-0.05, 0) is 65.3 Å². The topological polar surface area (TPSA) is 12.0 Å². The molecule has 1 unspecified atom stereocenters. The van der Waals surface area contributed by atoms with E-state index in [1.165, 1.54) is 9.13 Å². The van der Waals surface area contributed by atoms with Gasteiger partial charge >= 0.3 is 0 Å². The summed E-state index contributed by atoms with van der Waals surface area (Å²) in [6.07, 6.45) is 1.02. The van der Waals surface area contributed by atoms with E-state index < -0.39 is 0 Å². The maximum Gasteiger partial charge on any atom is 0.137 e. The summed E-state index contributed by atoms with van der Waals surface area (Å²) in [6.45, 7) is 2.10. The number of fused-ring (bicyclic) bond motifs is 1. The van der Waals surface area contributed by atoms with Crippen molar-refractivity contribution in [3.8, 4) is 0 Å². The molecule has 0 bridgehead atoms. The normalized spacial score (nSPS) is 17.6. The second-order valence-electron chi connectivity index (χ2n) is 4.96. The van der Waals surface area contributed by atoms with Crippen LogP contribution in [0.15, 0.2) is 41.3 Å². The molecule has 0 fully saturated rings. The summed E-state index contributed by atoms with van der Waals surface area (Å²) in [4.78, 5) is 0.804. The van der Waals surface area contributed by atoms with Gasteiger partial charge < -0.3 is 5.32 Å². The summed E-state index contributed by atoms with van der Waals surface area (Å²) in [5.74, 6) is 0.853. The van der Waals surface area contributed by atoms with E-state index in [-0.39, 0.29) is 11.9 Å². The zero-order chi connectivity index (χ0) is 14.1. The zero-order valence-electron chi connectivity index (χ0n) is 11.1. The molecule has 1 aliphatic heterocycles. The number of rotatable bonds is 2. The average molecular weight is 399 g/mol. The maximum atomic E-state index is 13.9. The van der Waals surface area contributed by atoms with Crippen LogP contribution < -0.4 is 5.32 Å². The van der Waals surface area contributed by atoms with E-state index in [0.717, 1.165) is 28.3 Å². The van der Waals surface area contributed by atoms with Crippen LogP contribution in [0.2, 0.25) is 0 Å². The van der Waals surface area contributed by atoms with Crippen molar-refractivity contribution in [2.45, 2.75) is 24.3 Å². The van der Waals surface area contributed by atoms with E-state index in [4.69, 9.17) is 0 Å². The van der Waals surface area contributed by atoms with Gasteiger partial charge in [-0.2, -0.15) is 0 Å². The molecule has 2 aromatic carbocycles. The van der Waals surface area contributed by atoms with Gasteiger partial charge in [-0.15, -0.1) is 11.8 Å². The van der Waals surface area contributed by atoms with Gasteiger partial charge in [-0.25, -0.2) is 4.39 Å². The Morgan fingerprint density at radius 2 is 2.15 bits per heavy atom. The molecule has 1 atom stereocenters. The van der Waals surface area contributed by atoms with Gasteiger partial charge in [0, 0.05) is 19.9 Å². The summed E-state index contributed by atoms with van der Waals surface area (Å²) in [7, 11) is 0. The molecule has 4 heteroatoms. The summed E-state index contributed by atoms with van der Waals surface area (Å²) in [6, 6.07) is 11.9. The van der Waals surface area contributed by atoms with Gasteiger partial charge in [0.1, 0.15) is 5.82 Å². The lowest BCUT2D eigenvalue weighted by Crippen LogP contribution is -2.17. The van der Waals surface area contributed by atoms with Gasteiger partial charge in [0.15, 0.2) is 0 Å². The fraction of sp³-hybridized carbons (Fsp3) is 0.250. The lowest BCUT2D eigenvalue weighted by Gasteiger charge is -2.27. The van der Waals surface area contributed by atoms with Crippen molar-refractivity contribution >= 4 is 40.0 Å². The van der Waals surface area contributed by atoms with E-state index >= 15 is 0 Å². The maximum absolute atomic E-state index is 13.9. The standard InChI is InChI=1S/C16H15FINS/c1-10-5-6-11(9-14(10)18)19-15-7-8-20-16-12(15)3-2-4-13(16)17/h2-6,9,15,19H,7-8H2,1H3. The Balaban J connectivity index is 1.89. The third-order valence-corrected chi connectivity index (χ3v) is 5.86. The Labute approximate surface area is 136 Å². The SMILES string of the molecule is Cc1ccc(NC2CCSc3c(F)cccc32)cc1I. The Bertz CT molecular complexity index is 644. The molecule has 20 heavy (non-hydrogen) atoms. The van der Waals surface area contributed by atoms with Crippen LogP contribution in [-0.2, 0) is 0 Å². The molecule has 0 amide bonds. The van der Waals surface area contributed by atoms with E-state index in [1.807, 2.05) is 6.07 Å². The second kappa shape index (κ2) is 5.93. The fourth-order valence-corrected chi connectivity index (χ4v) is 4.08. The molecule has 2 aromatic rings. The zero-order valence-corrected chi connectivity index (χ0v) is 14.1. The molecule has 1 aliphatic rings. The lowest BCUT2D eigenvalue weighted by atomic mass is 10.0. The monoisotopic (exact) mass is 399 g/mol. The van der Waals surface area contributed by atoms with Gasteiger partial charge in [0.25, 0.3) is 0 Å². The highest BCUT2D eigenvalue weighted by molar-refractivity contribution is 14.1. The van der Waals surface area contributed by atoms with Crippen molar-refractivity contribution in [1.29, 1.82) is 0 Å². The lowest BCUT2D eigenvalue weighted by molar-refractivity contribution is 0.585. The molecule has 3 rings (SSSR count). The van der Waals surface area contributed by atoms with Crippen molar-refractivity contribution in [2.75, 3.05) is 11.1 Å². The molecule has 0 saturated carbocycles. The van der Waals surface area contributed by atoms with Crippen LogP contribution in [0.4, 0.5) is 10.1 Å². The van der Waals surface area contributed by atoms with E-state index in [1.54, 1.807) is 23.9 Å². The third-order valence-electron chi connectivity index (χ3n) is 3.54. The number of aryl methyl sites for hydroxylation is 1. The number of hydrogen-bond acceptors (Lipinski definition) is 2. The number of anilines is 1. The first kappa shape index (κ1) is 14.2. The van der Waals surface area contributed by atoms with Crippen LogP contribution in [0, 0.1) is 16.3 Å². The van der Waals surface area contributed by atoms with Crippen LogP contribution in [0.1, 0.15) is 23.6 Å². The molecule has 0 aromatic heterocycles. The smallest absolute Gasteiger partial charge is 0.137 e. The van der Waals surface area contributed by atoms with Crippen LogP contribution in [0.25, 0.3) is 0 Å². The molecular formula is C16H15FINS. The van der Waals surface area contributed by atoms with Crippen LogP contribution in [0.5, 0.6) is 0 Å². The van der Waals surface area contributed by atoms with E-state index in [0.29, 0.717) is 0 Å². The number of halogens is 2. The molecule has 1 nitrogen and oxygen atoms in total. The molecule has 0 aliphatic carbocycles. The summed E-state index contributed by atoms with van der Waals surface area (Å²) in [5.41, 5.74) is 3.46. The Morgan fingerprint density at radius 3 is 2.95 bits per heavy atom. The number of hydrogen-bond donors (Lipinski definition) is 1. The summed E-state index contributed by atoms with van der Waals surface area (Å²) in [5, 5.41) is 3.55. The van der Waals surface area contributed by atoms with E-state index in [2.05, 4.69) is 53.0 Å². The minimum atomic E-state index is -0.0995. The van der Waals surface area contributed by atoms with Gasteiger partial charge in [0.05, 0.1) is 6.04 Å². The Kier molecular flexibility index (Phi) is 4.21. The second-order valence-corrected chi connectivity index (χ2v) is 7.22. The minimum Gasteiger partial charge on any atom is -0.378 e. The quantitative estimate of drug-likeness (QED) is 0.680. The molecule has 0 spiro atoms. The van der Waals surface area contributed by atoms with Crippen molar-refractivity contribution in [3.63, 3.8) is 0 Å². The van der Waals surface area contributed by atoms with Gasteiger partial charge in [-0.1, -0.05) is 18.2 Å². The fourth-order valence-electron chi connectivity index (χ4n) is 2.42. The van der Waals surface area contributed by atoms with E-state index in [9.17, 15) is 4.39 Å². The van der Waals surface area contributed by atoms with Crippen LogP contribution in [0.3, 0.4) is 0 Å². The highest BCUT2D eigenvalue weighted by atomic mass is 127. The Hall–Kier alpha value is -0.750. The number of benzene rings is 2. The molecular weight excluding hydrogens is 384 g/mol. The van der Waals surface area contributed by atoms with Crippen LogP contribution in [-0.4, -0.2) is 5.75 Å². The molecule has 0 saturated heterocycles. The number of nitrogens with one attached hydrogen (secondary N) is 1. The van der Waals surface area contributed by atoms with Crippen molar-refractivity contribution in [2.24, 2.45) is 0 Å². The predicted octanol–water partition coefficient (Wildman–Crippen LogP) is 5.39. The molecule has 0 radical (unpaired) electrons. The molecule has 104 valence electrons. The minimum absolute atomic E-state index is 0.0995. The first-order valence-corrected chi connectivity index (χ1v) is 8.65. The predicted molar refractivity (Wildman–Crippen MR) is 92.0 cm³/mol. The summed E-state index contributed by atoms with van der Waals surface area (Å²) >= 11 is 3.96. The Morgan fingerprint density at radius 1 is 1.30 bits per heavy atom. The highest BCUT2D eigenvalue weighted by Gasteiger charge is 2.22. The van der Waals surface area contributed by atoms with Gasteiger partial charge in [0.2, 0.25) is 0 Å². The van der Waals surface area contributed by atoms with Crippen LogP contribution >= 0.6 is 34.4 Å². The molecule has 1 N–H and O–H groups in total. The van der Waals surface area contributed by atoms with Crippen molar-refractivity contribution < 1.29 is 4.39 Å². The first-order chi connectivity index (χ1) is 9.65. The highest BCUT2D eigenvalue weighted by Crippen LogP contribution is 2.39. The molecule has 1 heterocycles.